The summed E-state index contributed by atoms with van der Waals surface area (Å²) in [5, 5.41) is 8.74. The Morgan fingerprint density at radius 2 is 1.86 bits per heavy atom. The zero-order valence-electron chi connectivity index (χ0n) is 15.3. The Labute approximate surface area is 186 Å². The smallest absolute Gasteiger partial charge is 0.303 e. The first-order chi connectivity index (χ1) is 13.9. The summed E-state index contributed by atoms with van der Waals surface area (Å²) >= 11 is 9.90. The highest BCUT2D eigenvalue weighted by Gasteiger charge is 2.31. The molecule has 0 spiro atoms. The molecule has 3 rings (SSSR count). The number of thioether (sulfide) groups is 1. The predicted octanol–water partition coefficient (Wildman–Crippen LogP) is 5.09. The van der Waals surface area contributed by atoms with Crippen LogP contribution in [0, 0.1) is 0 Å². The van der Waals surface area contributed by atoms with Crippen LogP contribution in [0.25, 0.3) is 6.08 Å². The van der Waals surface area contributed by atoms with Gasteiger partial charge in [0.1, 0.15) is 16.7 Å². The second-order valence-corrected chi connectivity index (χ2v) is 8.91. The highest BCUT2D eigenvalue weighted by molar-refractivity contribution is 9.10. The Morgan fingerprint density at radius 3 is 2.52 bits per heavy atom. The van der Waals surface area contributed by atoms with Crippen molar-refractivity contribution in [1.29, 1.82) is 0 Å². The van der Waals surface area contributed by atoms with Gasteiger partial charge < -0.3 is 9.84 Å². The van der Waals surface area contributed by atoms with Crippen molar-refractivity contribution in [3.05, 3.63) is 69.0 Å². The molecule has 1 N–H and O–H groups in total. The molecule has 1 fully saturated rings. The van der Waals surface area contributed by atoms with Crippen molar-refractivity contribution in [3.63, 3.8) is 0 Å². The van der Waals surface area contributed by atoms with Gasteiger partial charge in [-0.05, 0) is 47.9 Å². The van der Waals surface area contributed by atoms with Gasteiger partial charge in [-0.1, -0.05) is 64.2 Å². The zero-order valence-corrected chi connectivity index (χ0v) is 18.6. The van der Waals surface area contributed by atoms with E-state index in [0.29, 0.717) is 28.8 Å². The number of amides is 1. The summed E-state index contributed by atoms with van der Waals surface area (Å²) in [5.74, 6) is -0.319. The number of carboxylic acid groups (broad SMARTS) is 1. The molecule has 1 amide bonds. The number of aliphatic carboxylic acids is 1. The first-order valence-corrected chi connectivity index (χ1v) is 10.9. The van der Waals surface area contributed by atoms with E-state index in [4.69, 9.17) is 22.1 Å². The zero-order chi connectivity index (χ0) is 20.8. The minimum Gasteiger partial charge on any atom is -0.489 e. The highest BCUT2D eigenvalue weighted by Crippen LogP contribution is 2.33. The fraction of sp³-hybridized carbons (Fsp3) is 0.190. The molecule has 1 aliphatic rings. The number of thiocarbonyl (C=S) groups is 1. The lowest BCUT2D eigenvalue weighted by molar-refractivity contribution is -0.137. The van der Waals surface area contributed by atoms with Crippen LogP contribution in [0.2, 0.25) is 0 Å². The second kappa shape index (κ2) is 10.0. The molecule has 29 heavy (non-hydrogen) atoms. The summed E-state index contributed by atoms with van der Waals surface area (Å²) in [6, 6.07) is 15.4. The number of carbonyl (C=O) groups is 2. The molecule has 0 atom stereocenters. The third kappa shape index (κ3) is 6.16. The molecule has 0 unspecified atom stereocenters. The van der Waals surface area contributed by atoms with Gasteiger partial charge in [-0.2, -0.15) is 0 Å². The van der Waals surface area contributed by atoms with Crippen LogP contribution in [0.5, 0.6) is 5.75 Å². The molecule has 2 aromatic rings. The molecular weight excluding hydrogens is 474 g/mol. The Balaban J connectivity index is 1.58. The van der Waals surface area contributed by atoms with Gasteiger partial charge in [0.25, 0.3) is 5.91 Å². The molecule has 0 saturated carbocycles. The lowest BCUT2D eigenvalue weighted by atomic mass is 10.2. The van der Waals surface area contributed by atoms with Gasteiger partial charge in [0.05, 0.1) is 4.91 Å². The number of halogens is 1. The quantitative estimate of drug-likeness (QED) is 0.409. The normalized spacial score (nSPS) is 15.2. The third-order valence-electron chi connectivity index (χ3n) is 4.14. The van der Waals surface area contributed by atoms with Crippen LogP contribution in [-0.4, -0.2) is 32.7 Å². The molecule has 5 nitrogen and oxygen atoms in total. The lowest BCUT2D eigenvalue weighted by Crippen LogP contribution is -2.29. The standard InChI is InChI=1S/C21H18BrNO4S2/c22-16-7-3-15(4-8-16)13-27-17-9-5-14(6-10-17)12-18-20(26)23(21(28)29-18)11-1-2-19(24)25/h3-10,12H,1-2,11,13H2,(H,24,25)/b18-12+. The summed E-state index contributed by atoms with van der Waals surface area (Å²) < 4.78 is 7.28. The van der Waals surface area contributed by atoms with E-state index >= 15 is 0 Å². The van der Waals surface area contributed by atoms with Gasteiger partial charge in [-0.25, -0.2) is 0 Å². The summed E-state index contributed by atoms with van der Waals surface area (Å²) in [7, 11) is 0. The van der Waals surface area contributed by atoms with E-state index in [1.54, 1.807) is 6.08 Å². The monoisotopic (exact) mass is 491 g/mol. The average molecular weight is 492 g/mol. The second-order valence-electron chi connectivity index (χ2n) is 6.31. The molecule has 1 heterocycles. The van der Waals surface area contributed by atoms with Gasteiger partial charge in [-0.15, -0.1) is 0 Å². The Bertz CT molecular complexity index is 942. The molecule has 8 heteroatoms. The maximum Gasteiger partial charge on any atom is 0.303 e. The molecule has 0 bridgehead atoms. The van der Waals surface area contributed by atoms with E-state index in [-0.39, 0.29) is 12.3 Å². The lowest BCUT2D eigenvalue weighted by Gasteiger charge is -2.13. The average Bonchev–Trinajstić information content (AvgIpc) is 2.96. The van der Waals surface area contributed by atoms with E-state index in [1.165, 1.54) is 16.7 Å². The van der Waals surface area contributed by atoms with Crippen LogP contribution in [-0.2, 0) is 16.2 Å². The fourth-order valence-electron chi connectivity index (χ4n) is 2.64. The van der Waals surface area contributed by atoms with Crippen molar-refractivity contribution in [2.75, 3.05) is 6.54 Å². The van der Waals surface area contributed by atoms with Gasteiger partial charge in [0.2, 0.25) is 0 Å². The van der Waals surface area contributed by atoms with Gasteiger partial charge in [0.15, 0.2) is 0 Å². The van der Waals surface area contributed by atoms with Crippen LogP contribution in [0.1, 0.15) is 24.0 Å². The minimum absolute atomic E-state index is 0.0117. The van der Waals surface area contributed by atoms with E-state index in [2.05, 4.69) is 15.9 Å². The van der Waals surface area contributed by atoms with Crippen LogP contribution < -0.4 is 4.74 Å². The molecule has 150 valence electrons. The Hall–Kier alpha value is -2.16. The number of hydrogen-bond acceptors (Lipinski definition) is 5. The number of carboxylic acids is 1. The van der Waals surface area contributed by atoms with Crippen molar-refractivity contribution >= 4 is 62.2 Å². The van der Waals surface area contributed by atoms with E-state index < -0.39 is 5.97 Å². The molecule has 2 aromatic carbocycles. The van der Waals surface area contributed by atoms with Crippen LogP contribution in [0.4, 0.5) is 0 Å². The summed E-state index contributed by atoms with van der Waals surface area (Å²) in [5.41, 5.74) is 1.94. The maximum absolute atomic E-state index is 12.5. The van der Waals surface area contributed by atoms with E-state index in [0.717, 1.165) is 21.3 Å². The maximum atomic E-state index is 12.5. The fourth-order valence-corrected chi connectivity index (χ4v) is 4.21. The van der Waals surface area contributed by atoms with Crippen molar-refractivity contribution in [1.82, 2.24) is 4.90 Å². The summed E-state index contributed by atoms with van der Waals surface area (Å²) in [6.45, 7) is 0.790. The van der Waals surface area contributed by atoms with Crippen molar-refractivity contribution < 1.29 is 19.4 Å². The first kappa shape index (κ1) is 21.5. The number of nitrogens with zero attached hydrogens (tertiary/aromatic N) is 1. The first-order valence-electron chi connectivity index (χ1n) is 8.87. The number of ether oxygens (including phenoxy) is 1. The van der Waals surface area contributed by atoms with Crippen molar-refractivity contribution in [2.24, 2.45) is 0 Å². The summed E-state index contributed by atoms with van der Waals surface area (Å²) in [6.07, 6.45) is 2.17. The van der Waals surface area contributed by atoms with E-state index in [9.17, 15) is 9.59 Å². The molecule has 0 aromatic heterocycles. The Kier molecular flexibility index (Phi) is 7.46. The largest absolute Gasteiger partial charge is 0.489 e. The molecule has 1 aliphatic heterocycles. The van der Waals surface area contributed by atoms with Gasteiger partial charge in [0, 0.05) is 17.4 Å². The SMILES string of the molecule is O=C(O)CCCN1C(=O)/C(=C\c2ccc(OCc3ccc(Br)cc3)cc2)SC1=S. The number of benzene rings is 2. The van der Waals surface area contributed by atoms with Crippen LogP contribution in [0.15, 0.2) is 57.9 Å². The minimum atomic E-state index is -0.881. The van der Waals surface area contributed by atoms with Crippen LogP contribution in [0.3, 0.4) is 0 Å². The molecular formula is C21H18BrNO4S2. The number of carbonyl (C=O) groups excluding carboxylic acids is 1. The molecule has 0 radical (unpaired) electrons. The van der Waals surface area contributed by atoms with Crippen molar-refractivity contribution in [3.8, 4) is 5.75 Å². The summed E-state index contributed by atoms with van der Waals surface area (Å²) in [4.78, 5) is 25.2. The van der Waals surface area contributed by atoms with Gasteiger partial charge in [-0.3, -0.25) is 14.5 Å². The molecule has 1 saturated heterocycles. The van der Waals surface area contributed by atoms with Crippen molar-refractivity contribution in [2.45, 2.75) is 19.4 Å². The highest BCUT2D eigenvalue weighted by atomic mass is 79.9. The number of hydrogen-bond donors (Lipinski definition) is 1. The van der Waals surface area contributed by atoms with E-state index in [1.807, 2.05) is 48.5 Å². The topological polar surface area (TPSA) is 66.8 Å². The number of rotatable bonds is 8. The third-order valence-corrected chi connectivity index (χ3v) is 6.05. The predicted molar refractivity (Wildman–Crippen MR) is 122 cm³/mol. The Morgan fingerprint density at radius 1 is 1.17 bits per heavy atom. The van der Waals surface area contributed by atoms with Gasteiger partial charge >= 0.3 is 5.97 Å². The molecule has 0 aliphatic carbocycles. The van der Waals surface area contributed by atoms with Crippen LogP contribution >= 0.6 is 39.9 Å².